The Morgan fingerprint density at radius 3 is 2.12 bits per heavy atom. The van der Waals surface area contributed by atoms with E-state index in [-0.39, 0.29) is 24.6 Å². The summed E-state index contributed by atoms with van der Waals surface area (Å²) >= 11 is 0. The zero-order valence-electron chi connectivity index (χ0n) is 18.9. The van der Waals surface area contributed by atoms with Crippen LogP contribution in [0.4, 0.5) is 4.79 Å². The third-order valence-electron chi connectivity index (χ3n) is 4.51. The van der Waals surface area contributed by atoms with E-state index in [9.17, 15) is 19.2 Å². The number of carbonyl (C=O) groups excluding carboxylic acids is 4. The highest BCUT2D eigenvalue weighted by molar-refractivity contribution is 6.44. The van der Waals surface area contributed by atoms with Crippen molar-refractivity contribution >= 4 is 29.8 Å². The molecule has 2 aromatic rings. The molecule has 0 saturated heterocycles. The van der Waals surface area contributed by atoms with Crippen LogP contribution in [0, 0.1) is 5.92 Å². The molecule has 0 aliphatic heterocycles. The van der Waals surface area contributed by atoms with E-state index in [0.717, 1.165) is 5.56 Å². The number of carbonyl (C=O) groups is 4. The molecule has 0 aromatic heterocycles. The Hall–Kier alpha value is -3.94. The van der Waals surface area contributed by atoms with Gasteiger partial charge in [0.15, 0.2) is 0 Å². The Balaban J connectivity index is 2.17. The van der Waals surface area contributed by atoms with E-state index in [0.29, 0.717) is 5.56 Å². The van der Waals surface area contributed by atoms with Crippen molar-refractivity contribution in [3.05, 3.63) is 77.5 Å². The number of ketones is 1. The molecule has 0 saturated carbocycles. The average Bonchev–Trinajstić information content (AvgIpc) is 2.81. The van der Waals surface area contributed by atoms with Gasteiger partial charge in [0.25, 0.3) is 11.7 Å². The third kappa shape index (κ3) is 8.60. The van der Waals surface area contributed by atoms with Crippen molar-refractivity contribution in [1.29, 1.82) is 0 Å². The molecule has 2 rings (SSSR count). The van der Waals surface area contributed by atoms with Gasteiger partial charge in [-0.2, -0.15) is 0 Å². The van der Waals surface area contributed by atoms with E-state index >= 15 is 0 Å². The number of Topliss-reactive ketones (excluding diaryl/α,β-unsaturated/α-hetero) is 1. The molecule has 0 fully saturated rings. The first kappa shape index (κ1) is 25.3. The van der Waals surface area contributed by atoms with Gasteiger partial charge < -0.3 is 14.8 Å². The van der Waals surface area contributed by atoms with Gasteiger partial charge in [-0.1, -0.05) is 74.5 Å². The zero-order valence-corrected chi connectivity index (χ0v) is 18.9. The van der Waals surface area contributed by atoms with Crippen molar-refractivity contribution in [3.8, 4) is 0 Å². The van der Waals surface area contributed by atoms with E-state index in [4.69, 9.17) is 9.47 Å². The number of ether oxygens (including phenoxy) is 2. The molecule has 1 atom stereocenters. The zero-order chi connectivity index (χ0) is 24.2. The summed E-state index contributed by atoms with van der Waals surface area (Å²) in [6.07, 6.45) is 0.756. The van der Waals surface area contributed by atoms with Crippen LogP contribution in [0.3, 0.4) is 0 Å². The van der Waals surface area contributed by atoms with Crippen LogP contribution < -0.4 is 10.6 Å². The number of esters is 1. The second kappa shape index (κ2) is 12.8. The summed E-state index contributed by atoms with van der Waals surface area (Å²) < 4.78 is 9.89. The number of alkyl carbamates (subject to hydrolysis) is 1. The van der Waals surface area contributed by atoms with E-state index in [2.05, 4.69) is 10.6 Å². The van der Waals surface area contributed by atoms with Crippen molar-refractivity contribution in [2.45, 2.75) is 32.9 Å². The first-order chi connectivity index (χ1) is 15.8. The number of rotatable bonds is 10. The van der Waals surface area contributed by atoms with Crippen LogP contribution in [-0.4, -0.2) is 36.9 Å². The van der Waals surface area contributed by atoms with E-state index in [1.807, 2.05) is 19.9 Å². The smallest absolute Gasteiger partial charge is 0.412 e. The van der Waals surface area contributed by atoms with Gasteiger partial charge >= 0.3 is 12.1 Å². The first-order valence-electron chi connectivity index (χ1n) is 10.5. The van der Waals surface area contributed by atoms with Gasteiger partial charge in [-0.3, -0.25) is 14.9 Å². The molecular weight excluding hydrogens is 424 g/mol. The van der Waals surface area contributed by atoms with E-state index < -0.39 is 29.8 Å². The van der Waals surface area contributed by atoms with Gasteiger partial charge in [-0.25, -0.2) is 9.59 Å². The summed E-state index contributed by atoms with van der Waals surface area (Å²) in [5.41, 5.74) is 1.06. The maximum atomic E-state index is 12.9. The third-order valence-corrected chi connectivity index (χ3v) is 4.51. The van der Waals surface area contributed by atoms with Gasteiger partial charge in [0.05, 0.1) is 12.8 Å². The predicted octanol–water partition coefficient (Wildman–Crippen LogP) is 3.23. The quantitative estimate of drug-likeness (QED) is 0.325. The van der Waals surface area contributed by atoms with Crippen molar-refractivity contribution in [1.82, 2.24) is 10.6 Å². The van der Waals surface area contributed by atoms with Gasteiger partial charge in [-0.15, -0.1) is 0 Å². The van der Waals surface area contributed by atoms with Gasteiger partial charge in [-0.05, 0) is 29.5 Å². The highest BCUT2D eigenvalue weighted by Gasteiger charge is 2.28. The Morgan fingerprint density at radius 1 is 0.939 bits per heavy atom. The fourth-order valence-electron chi connectivity index (χ4n) is 2.92. The lowest BCUT2D eigenvalue weighted by Crippen LogP contribution is -2.47. The molecule has 0 heterocycles. The minimum absolute atomic E-state index is 0.00944. The van der Waals surface area contributed by atoms with E-state index in [1.54, 1.807) is 54.6 Å². The normalized spacial score (nSPS) is 11.9. The molecule has 0 aliphatic carbocycles. The summed E-state index contributed by atoms with van der Waals surface area (Å²) in [4.78, 5) is 49.9. The van der Waals surface area contributed by atoms with Crippen LogP contribution in [0.2, 0.25) is 0 Å². The topological polar surface area (TPSA) is 111 Å². The molecule has 0 bridgehead atoms. The van der Waals surface area contributed by atoms with Gasteiger partial charge in [0, 0.05) is 0 Å². The molecular formula is C25H28N2O6. The molecule has 0 spiro atoms. The van der Waals surface area contributed by atoms with E-state index in [1.165, 1.54) is 13.2 Å². The summed E-state index contributed by atoms with van der Waals surface area (Å²) in [6, 6.07) is 16.7. The molecule has 2 amide bonds. The Bertz CT molecular complexity index is 986. The maximum absolute atomic E-state index is 12.9. The lowest BCUT2D eigenvalue weighted by molar-refractivity contribution is -0.146. The van der Waals surface area contributed by atoms with Crippen LogP contribution in [0.25, 0.3) is 6.08 Å². The van der Waals surface area contributed by atoms with Crippen LogP contribution in [0.1, 0.15) is 31.4 Å². The number of hydrogen-bond acceptors (Lipinski definition) is 6. The number of hydrogen-bond donors (Lipinski definition) is 2. The van der Waals surface area contributed by atoms with Crippen LogP contribution >= 0.6 is 0 Å². The van der Waals surface area contributed by atoms with Crippen molar-refractivity contribution in [2.24, 2.45) is 5.92 Å². The number of methoxy groups -OCH3 is 1. The van der Waals surface area contributed by atoms with Crippen LogP contribution in [0.15, 0.2) is 66.4 Å². The summed E-state index contributed by atoms with van der Waals surface area (Å²) in [5.74, 6) is -2.66. The van der Waals surface area contributed by atoms with Crippen LogP contribution in [0.5, 0.6) is 0 Å². The SMILES string of the molecule is COC(=O)[C@H](CC(C)C)NC(=O)C(=O)/C(=C/c1ccccc1)NC(=O)OCc1ccccc1. The predicted molar refractivity (Wildman–Crippen MR) is 123 cm³/mol. The maximum Gasteiger partial charge on any atom is 0.412 e. The molecule has 0 aliphatic rings. The van der Waals surface area contributed by atoms with Crippen molar-refractivity contribution < 1.29 is 28.7 Å². The van der Waals surface area contributed by atoms with Crippen molar-refractivity contribution in [3.63, 3.8) is 0 Å². The first-order valence-corrected chi connectivity index (χ1v) is 10.5. The molecule has 0 unspecified atom stereocenters. The Morgan fingerprint density at radius 2 is 1.55 bits per heavy atom. The highest BCUT2D eigenvalue weighted by atomic mass is 16.5. The largest absolute Gasteiger partial charge is 0.467 e. The second-order valence-electron chi connectivity index (χ2n) is 7.66. The second-order valence-corrected chi connectivity index (χ2v) is 7.66. The lowest BCUT2D eigenvalue weighted by Gasteiger charge is -2.18. The fraction of sp³-hybridized carbons (Fsp3) is 0.280. The summed E-state index contributed by atoms with van der Waals surface area (Å²) in [5, 5.41) is 4.75. The van der Waals surface area contributed by atoms with Gasteiger partial charge in [0.2, 0.25) is 0 Å². The van der Waals surface area contributed by atoms with Crippen molar-refractivity contribution in [2.75, 3.05) is 7.11 Å². The highest BCUT2D eigenvalue weighted by Crippen LogP contribution is 2.10. The molecule has 2 N–H and O–H groups in total. The lowest BCUT2D eigenvalue weighted by atomic mass is 10.0. The molecule has 174 valence electrons. The Kier molecular flexibility index (Phi) is 9.82. The molecule has 33 heavy (non-hydrogen) atoms. The summed E-state index contributed by atoms with van der Waals surface area (Å²) in [6.45, 7) is 3.73. The molecule has 8 nitrogen and oxygen atoms in total. The number of nitrogens with one attached hydrogen (secondary N) is 2. The number of amides is 2. The monoisotopic (exact) mass is 452 g/mol. The molecule has 8 heteroatoms. The van der Waals surface area contributed by atoms with Gasteiger partial charge in [0.1, 0.15) is 12.6 Å². The Labute approximate surface area is 193 Å². The summed E-state index contributed by atoms with van der Waals surface area (Å²) in [7, 11) is 1.20. The standard InChI is InChI=1S/C25H28N2O6/c1-17(2)14-21(24(30)32-3)26-23(29)22(28)20(15-18-10-6-4-7-11-18)27-25(31)33-16-19-12-8-5-9-13-19/h4-13,15,17,21H,14,16H2,1-3H3,(H,26,29)(H,27,31)/b20-15-/t21-/m0/s1. The minimum Gasteiger partial charge on any atom is -0.467 e. The fourth-order valence-corrected chi connectivity index (χ4v) is 2.92. The average molecular weight is 453 g/mol. The minimum atomic E-state index is -1.04. The van der Waals surface area contributed by atoms with Crippen LogP contribution in [-0.2, 0) is 30.5 Å². The molecule has 2 aromatic carbocycles. The molecule has 0 radical (unpaired) electrons. The number of benzene rings is 2.